The van der Waals surface area contributed by atoms with Crippen LogP contribution in [0.15, 0.2) is 136 Å². The number of rotatable bonds is 9. The van der Waals surface area contributed by atoms with E-state index in [1.807, 2.05) is 18.2 Å². The summed E-state index contributed by atoms with van der Waals surface area (Å²) in [5, 5.41) is 27.1. The molecule has 0 heterocycles. The fourth-order valence-corrected chi connectivity index (χ4v) is 8.38. The van der Waals surface area contributed by atoms with Gasteiger partial charge in [0.15, 0.2) is 0 Å². The number of amidine groups is 2. The Balaban J connectivity index is 0.00000323. The summed E-state index contributed by atoms with van der Waals surface area (Å²) in [6.07, 6.45) is 0.548. The summed E-state index contributed by atoms with van der Waals surface area (Å²) in [7, 11) is -0.499. The van der Waals surface area contributed by atoms with Crippen LogP contribution in [0.1, 0.15) is 12.5 Å². The van der Waals surface area contributed by atoms with E-state index in [4.69, 9.17) is 25.3 Å². The molecule has 2 N–H and O–H groups in total. The van der Waals surface area contributed by atoms with Gasteiger partial charge in [-0.25, -0.2) is 4.39 Å². The number of hydrogen-bond donors (Lipinski definition) is 2. The average molecular weight is 743 g/mol. The number of nitrogens with one attached hydrogen (secondary N) is 2. The van der Waals surface area contributed by atoms with Crippen LogP contribution in [0.3, 0.4) is 0 Å². The number of benzene rings is 4. The van der Waals surface area contributed by atoms with E-state index in [1.165, 1.54) is 28.0 Å². The van der Waals surface area contributed by atoms with Gasteiger partial charge in [-0.05, 0) is 72.8 Å². The topological polar surface area (TPSA) is 73.5 Å². The van der Waals surface area contributed by atoms with Gasteiger partial charge in [0, 0.05) is 17.8 Å². The van der Waals surface area contributed by atoms with Gasteiger partial charge in [-0.1, -0.05) is 54.6 Å². The third kappa shape index (κ3) is 9.47. The molecule has 0 saturated carbocycles. The molecule has 1 radical (unpaired) electrons. The first-order valence-corrected chi connectivity index (χ1v) is 15.6. The zero-order chi connectivity index (χ0) is 29.1. The van der Waals surface area contributed by atoms with Crippen LogP contribution in [0.4, 0.5) is 4.39 Å². The standard InChI is InChI=1S/C31H30FN6PS2.BrH.Cu/c1-23(29(36-37-30(40)33-2)24-18-20-25(32)21-19-24)35-38-31(41)34-22-39(26-12-6-3-7-13-26,27-14-8-4-9-15-27)28-16-10-5-11-17-28;;/h3-21H,22H2,1-2H3,(H3-,33,34,35,36,37,38,40,41);1H;/q;;+2/p-2. The summed E-state index contributed by atoms with van der Waals surface area (Å²) in [6.45, 7) is 1.74. The third-order valence-corrected chi connectivity index (χ3v) is 10.9. The Morgan fingerprint density at radius 2 is 1.12 bits per heavy atom. The zero-order valence-corrected chi connectivity index (χ0v) is 28.3. The van der Waals surface area contributed by atoms with E-state index < -0.39 is 7.26 Å². The van der Waals surface area contributed by atoms with E-state index in [2.05, 4.69) is 104 Å². The summed E-state index contributed by atoms with van der Waals surface area (Å²) >= 11 is 10.7. The van der Waals surface area contributed by atoms with E-state index in [0.29, 0.717) is 23.3 Å². The molecule has 0 spiro atoms. The van der Waals surface area contributed by atoms with Gasteiger partial charge in [0.25, 0.3) is 0 Å². The van der Waals surface area contributed by atoms with Gasteiger partial charge in [-0.3, -0.25) is 0 Å². The molecule has 0 saturated heterocycles. The second kappa shape index (κ2) is 17.9. The van der Waals surface area contributed by atoms with Gasteiger partial charge in [-0.2, -0.15) is 15.3 Å². The Hall–Kier alpha value is -3.04. The van der Waals surface area contributed by atoms with Crippen molar-refractivity contribution in [1.82, 2.24) is 10.6 Å². The maximum Gasteiger partial charge on any atom is 2.00 e. The van der Waals surface area contributed by atoms with Crippen molar-refractivity contribution in [2.75, 3.05) is 13.3 Å². The molecule has 0 unspecified atom stereocenters. The summed E-state index contributed by atoms with van der Waals surface area (Å²) in [6, 6.07) is 37.3. The number of nitrogens with zero attached hydrogens (tertiary/aromatic N) is 4. The Labute approximate surface area is 284 Å². The predicted octanol–water partition coefficient (Wildman–Crippen LogP) is 1.47. The molecule has 6 nitrogen and oxygen atoms in total. The smallest absolute Gasteiger partial charge is 1.00 e. The van der Waals surface area contributed by atoms with Gasteiger partial charge < -0.3 is 52.9 Å². The van der Waals surface area contributed by atoms with Crippen LogP contribution in [0.25, 0.3) is 0 Å². The molecular weight excluding hydrogens is 714 g/mol. The largest absolute Gasteiger partial charge is 2.00 e. The molecule has 0 atom stereocenters. The first kappa shape index (κ1) is 36.2. The quantitative estimate of drug-likeness (QED) is 0.0682. The van der Waals surface area contributed by atoms with Gasteiger partial charge in [-0.15, -0.1) is 5.10 Å². The van der Waals surface area contributed by atoms with E-state index >= 15 is 0 Å². The first-order chi connectivity index (χ1) is 19.9. The molecule has 0 aliphatic rings. The molecule has 12 heteroatoms. The zero-order valence-electron chi connectivity index (χ0n) is 23.3. The van der Waals surface area contributed by atoms with Gasteiger partial charge in [0.05, 0.1) is 5.71 Å². The molecule has 4 aromatic carbocycles. The van der Waals surface area contributed by atoms with Crippen LogP contribution < -0.4 is 43.5 Å². The molecular formula is C31H29BrCuFN6PS2. The Morgan fingerprint density at radius 1 is 0.674 bits per heavy atom. The predicted molar refractivity (Wildman–Crippen MR) is 178 cm³/mol. The molecule has 4 aromatic rings. The third-order valence-electron chi connectivity index (χ3n) is 6.26. The Bertz CT molecular complexity index is 1460. The number of halogens is 2. The van der Waals surface area contributed by atoms with E-state index in [1.54, 1.807) is 26.1 Å². The first-order valence-electron chi connectivity index (χ1n) is 12.8. The normalized spacial score (nSPS) is 12.5. The second-order valence-corrected chi connectivity index (χ2v) is 13.1. The fourth-order valence-electron chi connectivity index (χ4n) is 4.25. The SMILES string of the molecule is CNC([S-])=NN=C(C(C)=NN=C([S-])NC[P+](c1ccccc1)(c1ccccc1)c1ccccc1)c1ccc(F)cc1.[Br-].[Cu+2]. The van der Waals surface area contributed by atoms with Crippen LogP contribution in [-0.2, 0) is 42.3 Å². The van der Waals surface area contributed by atoms with Crippen LogP contribution in [-0.4, -0.2) is 35.1 Å². The number of hydrogen-bond acceptors (Lipinski definition) is 6. The summed E-state index contributed by atoms with van der Waals surface area (Å²) in [5.41, 5.74) is 1.46. The maximum absolute atomic E-state index is 13.6. The Kier molecular flexibility index (Phi) is 15.1. The summed E-state index contributed by atoms with van der Waals surface area (Å²) < 4.78 is 13.6. The Morgan fingerprint density at radius 3 is 1.56 bits per heavy atom. The van der Waals surface area contributed by atoms with Crippen molar-refractivity contribution in [1.29, 1.82) is 0 Å². The monoisotopic (exact) mass is 741 g/mol. The van der Waals surface area contributed by atoms with Gasteiger partial charge in [0.1, 0.15) is 41.0 Å². The van der Waals surface area contributed by atoms with E-state index in [-0.39, 0.29) is 50.2 Å². The van der Waals surface area contributed by atoms with Crippen LogP contribution >= 0.6 is 7.26 Å². The minimum Gasteiger partial charge on any atom is -1.00 e. The molecule has 43 heavy (non-hydrogen) atoms. The molecule has 4 rings (SSSR count). The second-order valence-electron chi connectivity index (χ2n) is 8.85. The van der Waals surface area contributed by atoms with Crippen LogP contribution in [0, 0.1) is 5.82 Å². The van der Waals surface area contributed by atoms with Crippen molar-refractivity contribution in [3.63, 3.8) is 0 Å². The van der Waals surface area contributed by atoms with Crippen molar-refractivity contribution >= 4 is 70.2 Å². The van der Waals surface area contributed by atoms with Gasteiger partial charge in [0.2, 0.25) is 0 Å². The van der Waals surface area contributed by atoms with Crippen molar-refractivity contribution < 1.29 is 38.4 Å². The molecule has 225 valence electrons. The van der Waals surface area contributed by atoms with Gasteiger partial charge >= 0.3 is 17.1 Å². The summed E-state index contributed by atoms with van der Waals surface area (Å²) in [5.74, 6) is -0.359. The van der Waals surface area contributed by atoms with Crippen LogP contribution in [0.2, 0.25) is 0 Å². The molecule has 0 aliphatic carbocycles. The molecule has 0 fully saturated rings. The molecule has 0 amide bonds. The van der Waals surface area contributed by atoms with Crippen molar-refractivity contribution in [2.45, 2.75) is 6.92 Å². The maximum atomic E-state index is 13.6. The van der Waals surface area contributed by atoms with E-state index in [9.17, 15) is 4.39 Å². The minimum absolute atomic E-state index is 0. The molecule has 0 aromatic heterocycles. The van der Waals surface area contributed by atoms with Crippen LogP contribution in [0.5, 0.6) is 0 Å². The summed E-state index contributed by atoms with van der Waals surface area (Å²) in [4.78, 5) is 0. The fraction of sp³-hybridized carbons (Fsp3) is 0.0968. The van der Waals surface area contributed by atoms with Crippen molar-refractivity contribution in [3.05, 3.63) is 127 Å². The van der Waals surface area contributed by atoms with E-state index in [0.717, 1.165) is 0 Å². The van der Waals surface area contributed by atoms with Crippen molar-refractivity contribution in [2.24, 2.45) is 20.4 Å². The molecule has 0 bridgehead atoms. The van der Waals surface area contributed by atoms with Crippen molar-refractivity contribution in [3.8, 4) is 0 Å². The molecule has 0 aliphatic heterocycles. The minimum atomic E-state index is -2.15. The average Bonchev–Trinajstić information content (AvgIpc) is 3.02.